The number of rotatable bonds is 2. The molecular formula is C18H14O3. The molecule has 104 valence electrons. The van der Waals surface area contributed by atoms with Gasteiger partial charge >= 0.3 is 0 Å². The third-order valence-corrected chi connectivity index (χ3v) is 4.22. The normalized spacial score (nSPS) is 26.5. The Balaban J connectivity index is 1.90. The third kappa shape index (κ3) is 2.20. The summed E-state index contributed by atoms with van der Waals surface area (Å²) in [5, 5.41) is 0. The van der Waals surface area contributed by atoms with E-state index in [1.165, 1.54) is 6.08 Å². The van der Waals surface area contributed by atoms with Crippen molar-refractivity contribution in [2.75, 3.05) is 6.61 Å². The minimum atomic E-state index is -0.0179. The van der Waals surface area contributed by atoms with Crippen molar-refractivity contribution in [3.05, 3.63) is 70.8 Å². The first-order valence-corrected chi connectivity index (χ1v) is 7.13. The fourth-order valence-corrected chi connectivity index (χ4v) is 3.12. The molecule has 0 spiro atoms. The number of hydrogen-bond donors (Lipinski definition) is 0. The fraction of sp³-hybridized carbons (Fsp3) is 0.222. The van der Waals surface area contributed by atoms with Gasteiger partial charge in [-0.05, 0) is 41.4 Å². The van der Waals surface area contributed by atoms with Crippen LogP contribution in [0.1, 0.15) is 28.3 Å². The second-order valence-electron chi connectivity index (χ2n) is 5.63. The molecule has 1 unspecified atom stereocenters. The van der Waals surface area contributed by atoms with E-state index in [4.69, 9.17) is 4.74 Å². The van der Waals surface area contributed by atoms with Crippen LogP contribution in [0.15, 0.2) is 59.7 Å². The fourth-order valence-electron chi connectivity index (χ4n) is 3.12. The molecule has 0 N–H and O–H groups in total. The molecule has 0 radical (unpaired) electrons. The third-order valence-electron chi connectivity index (χ3n) is 4.22. The van der Waals surface area contributed by atoms with Gasteiger partial charge in [0.1, 0.15) is 0 Å². The molecule has 0 bridgehead atoms. The van der Waals surface area contributed by atoms with Crippen molar-refractivity contribution in [2.24, 2.45) is 0 Å². The van der Waals surface area contributed by atoms with Crippen LogP contribution >= 0.6 is 0 Å². The Hall–Kier alpha value is -2.26. The number of carbonyl (C=O) groups is 2. The number of epoxide rings is 1. The van der Waals surface area contributed by atoms with E-state index < -0.39 is 0 Å². The number of hydrogen-bond acceptors (Lipinski definition) is 3. The van der Waals surface area contributed by atoms with Gasteiger partial charge < -0.3 is 4.74 Å². The van der Waals surface area contributed by atoms with Gasteiger partial charge in [-0.2, -0.15) is 0 Å². The molecule has 1 aromatic carbocycles. The number of carbonyl (C=O) groups excluding carboxylic acids is 2. The van der Waals surface area contributed by atoms with Gasteiger partial charge in [0.2, 0.25) is 0 Å². The topological polar surface area (TPSA) is 46.7 Å². The van der Waals surface area contributed by atoms with E-state index in [0.29, 0.717) is 0 Å². The predicted octanol–water partition coefficient (Wildman–Crippen LogP) is 2.75. The van der Waals surface area contributed by atoms with Crippen LogP contribution in [0.4, 0.5) is 0 Å². The van der Waals surface area contributed by atoms with E-state index >= 15 is 0 Å². The quantitative estimate of drug-likeness (QED) is 0.781. The van der Waals surface area contributed by atoms with E-state index in [1.54, 1.807) is 18.2 Å². The summed E-state index contributed by atoms with van der Waals surface area (Å²) in [6.07, 6.45) is 7.62. The Morgan fingerprint density at radius 3 is 2.71 bits per heavy atom. The number of ketones is 2. The molecule has 2 atom stereocenters. The summed E-state index contributed by atoms with van der Waals surface area (Å²) in [6.45, 7) is 0.767. The average molecular weight is 278 g/mol. The van der Waals surface area contributed by atoms with Gasteiger partial charge in [-0.1, -0.05) is 30.3 Å². The van der Waals surface area contributed by atoms with Gasteiger partial charge in [0.25, 0.3) is 0 Å². The van der Waals surface area contributed by atoms with Crippen molar-refractivity contribution in [1.29, 1.82) is 0 Å². The van der Waals surface area contributed by atoms with Crippen LogP contribution < -0.4 is 0 Å². The van der Waals surface area contributed by atoms with Crippen molar-refractivity contribution in [3.8, 4) is 0 Å². The second kappa shape index (κ2) is 4.64. The summed E-state index contributed by atoms with van der Waals surface area (Å²) in [5.41, 5.74) is 3.52. The average Bonchev–Trinajstić information content (AvgIpc) is 3.31. The van der Waals surface area contributed by atoms with Crippen LogP contribution in [0.5, 0.6) is 0 Å². The molecule has 1 saturated heterocycles. The smallest absolute Gasteiger partial charge is 0.186 e. The number of ether oxygens (including phenoxy) is 1. The summed E-state index contributed by atoms with van der Waals surface area (Å²) in [4.78, 5) is 24.2. The van der Waals surface area contributed by atoms with E-state index in [1.807, 2.05) is 24.3 Å². The van der Waals surface area contributed by atoms with Gasteiger partial charge in [0.05, 0.1) is 12.7 Å². The molecular weight excluding hydrogens is 264 g/mol. The number of fused-ring (bicyclic) bond motifs is 2. The van der Waals surface area contributed by atoms with Crippen molar-refractivity contribution in [2.45, 2.75) is 18.4 Å². The Kier molecular flexibility index (Phi) is 2.76. The molecule has 0 aromatic heterocycles. The van der Waals surface area contributed by atoms with Gasteiger partial charge in [-0.15, -0.1) is 0 Å². The number of benzene rings is 1. The Morgan fingerprint density at radius 1 is 1.10 bits per heavy atom. The zero-order valence-electron chi connectivity index (χ0n) is 11.4. The lowest BCUT2D eigenvalue weighted by Gasteiger charge is -2.22. The lowest BCUT2D eigenvalue weighted by atomic mass is 9.81. The van der Waals surface area contributed by atoms with Crippen LogP contribution in [0.25, 0.3) is 0 Å². The second-order valence-corrected chi connectivity index (χ2v) is 5.63. The van der Waals surface area contributed by atoms with E-state index in [2.05, 4.69) is 0 Å². The largest absolute Gasteiger partial charge is 0.373 e. The first-order chi connectivity index (χ1) is 10.2. The van der Waals surface area contributed by atoms with Crippen LogP contribution in [0.2, 0.25) is 0 Å². The highest BCUT2D eigenvalue weighted by Crippen LogP contribution is 2.41. The SMILES string of the molecule is O=C1C=CC2=CC(=O)c3ccccc3C(C[C@@H]3CO3)C2=C1. The Morgan fingerprint density at radius 2 is 1.90 bits per heavy atom. The molecule has 3 heteroatoms. The summed E-state index contributed by atoms with van der Waals surface area (Å²) in [5.74, 6) is 0.0284. The summed E-state index contributed by atoms with van der Waals surface area (Å²) < 4.78 is 5.37. The van der Waals surface area contributed by atoms with Gasteiger partial charge in [-0.25, -0.2) is 0 Å². The first-order valence-electron chi connectivity index (χ1n) is 7.13. The molecule has 1 heterocycles. The summed E-state index contributed by atoms with van der Waals surface area (Å²) in [6, 6.07) is 7.67. The Labute approximate surface area is 122 Å². The van der Waals surface area contributed by atoms with Crippen molar-refractivity contribution >= 4 is 11.6 Å². The maximum atomic E-state index is 12.4. The molecule has 1 aromatic rings. The minimum Gasteiger partial charge on any atom is -0.373 e. The first kappa shape index (κ1) is 12.5. The molecule has 3 nitrogen and oxygen atoms in total. The monoisotopic (exact) mass is 278 g/mol. The summed E-state index contributed by atoms with van der Waals surface area (Å²) in [7, 11) is 0. The zero-order valence-corrected chi connectivity index (χ0v) is 11.4. The zero-order chi connectivity index (χ0) is 14.4. The van der Waals surface area contributed by atoms with Crippen LogP contribution in [-0.2, 0) is 9.53 Å². The molecule has 21 heavy (non-hydrogen) atoms. The minimum absolute atomic E-state index is 0.00437. The highest BCUT2D eigenvalue weighted by atomic mass is 16.6. The van der Waals surface area contributed by atoms with Crippen LogP contribution in [0.3, 0.4) is 0 Å². The van der Waals surface area contributed by atoms with E-state index in [9.17, 15) is 9.59 Å². The maximum absolute atomic E-state index is 12.4. The summed E-state index contributed by atoms with van der Waals surface area (Å²) >= 11 is 0. The van der Waals surface area contributed by atoms with Crippen LogP contribution in [-0.4, -0.2) is 24.3 Å². The molecule has 2 aliphatic carbocycles. The molecule has 3 aliphatic rings. The predicted molar refractivity (Wildman–Crippen MR) is 78.2 cm³/mol. The van der Waals surface area contributed by atoms with Crippen LogP contribution in [0, 0.1) is 0 Å². The maximum Gasteiger partial charge on any atom is 0.186 e. The van der Waals surface area contributed by atoms with Gasteiger partial charge in [0, 0.05) is 11.5 Å². The molecule has 1 fully saturated rings. The van der Waals surface area contributed by atoms with Crippen molar-refractivity contribution < 1.29 is 14.3 Å². The molecule has 1 aliphatic heterocycles. The standard InChI is InChI=1S/C18H14O3/c19-12-6-5-11-7-18(20)15-4-2-1-3-14(15)17(16(11)8-12)9-13-10-21-13/h1-8,13,17H,9-10H2/t13-,17?/m1/s1. The number of allylic oxidation sites excluding steroid dienone is 6. The highest BCUT2D eigenvalue weighted by Gasteiger charge is 2.34. The molecule has 4 rings (SSSR count). The lowest BCUT2D eigenvalue weighted by Crippen LogP contribution is -2.11. The van der Waals surface area contributed by atoms with Gasteiger partial charge in [0.15, 0.2) is 11.6 Å². The molecule has 0 saturated carbocycles. The van der Waals surface area contributed by atoms with E-state index in [-0.39, 0.29) is 23.6 Å². The van der Waals surface area contributed by atoms with E-state index in [0.717, 1.165) is 35.3 Å². The highest BCUT2D eigenvalue weighted by molar-refractivity contribution is 6.10. The van der Waals surface area contributed by atoms with Gasteiger partial charge in [-0.3, -0.25) is 9.59 Å². The van der Waals surface area contributed by atoms with Crippen molar-refractivity contribution in [3.63, 3.8) is 0 Å². The Bertz CT molecular complexity index is 733. The lowest BCUT2D eigenvalue weighted by molar-refractivity contribution is -0.110. The molecule has 0 amide bonds. The van der Waals surface area contributed by atoms with Crippen molar-refractivity contribution in [1.82, 2.24) is 0 Å².